The summed E-state index contributed by atoms with van der Waals surface area (Å²) in [5, 5.41) is 6.06. The van der Waals surface area contributed by atoms with Crippen LogP contribution in [-0.4, -0.2) is 16.0 Å². The van der Waals surface area contributed by atoms with Crippen LogP contribution >= 0.6 is 0 Å². The Kier molecular flexibility index (Phi) is 3.25. The number of amides is 1. The molecule has 0 aliphatic carbocycles. The number of rotatable bonds is 4. The molecule has 0 spiro atoms. The van der Waals surface area contributed by atoms with Crippen molar-refractivity contribution < 1.29 is 9.32 Å². The van der Waals surface area contributed by atoms with Crippen molar-refractivity contribution in [3.8, 4) is 0 Å². The fraction of sp³-hybridized carbons (Fsp3) is 0.571. The van der Waals surface area contributed by atoms with Gasteiger partial charge in [0.15, 0.2) is 6.33 Å². The van der Waals surface area contributed by atoms with Crippen molar-refractivity contribution in [1.29, 1.82) is 0 Å². The molecule has 0 aliphatic rings. The molecule has 0 aromatic carbocycles. The highest BCUT2D eigenvalue weighted by molar-refractivity contribution is 5.75. The second kappa shape index (κ2) is 4.48. The minimum Gasteiger partial charge on any atom is -0.347 e. The van der Waals surface area contributed by atoms with Crippen molar-refractivity contribution in [3.05, 3.63) is 12.2 Å². The molecule has 0 saturated carbocycles. The molecule has 0 unspecified atom stereocenters. The van der Waals surface area contributed by atoms with Gasteiger partial charge in [0.1, 0.15) is 0 Å². The first kappa shape index (κ1) is 8.70. The summed E-state index contributed by atoms with van der Waals surface area (Å²) in [5.41, 5.74) is 0. The number of hydrogen-bond donors (Lipinski definition) is 1. The van der Waals surface area contributed by atoms with Crippen LogP contribution in [0.5, 0.6) is 0 Å². The maximum absolute atomic E-state index is 10.9. The van der Waals surface area contributed by atoms with E-state index in [9.17, 15) is 4.79 Å². The smallest absolute Gasteiger partial charge is 0.245 e. The van der Waals surface area contributed by atoms with Crippen molar-refractivity contribution >= 4 is 5.91 Å². The fourth-order valence-corrected chi connectivity index (χ4v) is 0.764. The van der Waals surface area contributed by atoms with Crippen LogP contribution in [0.2, 0.25) is 0 Å². The predicted octanol–water partition coefficient (Wildman–Crippen LogP) is 0.486. The summed E-state index contributed by atoms with van der Waals surface area (Å²) in [6, 6.07) is 0. The SMILES string of the molecule is CCCC(=O)NCc1ncno1. The standard InChI is InChI=1S/C7H11N3O2/c1-2-3-6(11)8-4-7-9-5-10-12-7/h5H,2-4H2,1H3,(H,8,11). The van der Waals surface area contributed by atoms with Crippen LogP contribution in [0.4, 0.5) is 0 Å². The zero-order chi connectivity index (χ0) is 8.81. The molecule has 1 aromatic heterocycles. The summed E-state index contributed by atoms with van der Waals surface area (Å²) in [7, 11) is 0. The Morgan fingerprint density at radius 2 is 2.58 bits per heavy atom. The Hall–Kier alpha value is -1.39. The van der Waals surface area contributed by atoms with Crippen LogP contribution in [0.1, 0.15) is 25.7 Å². The van der Waals surface area contributed by atoms with Gasteiger partial charge in [-0.1, -0.05) is 12.1 Å². The minimum atomic E-state index is 0.00991. The van der Waals surface area contributed by atoms with Crippen molar-refractivity contribution in [2.75, 3.05) is 0 Å². The van der Waals surface area contributed by atoms with Gasteiger partial charge >= 0.3 is 0 Å². The summed E-state index contributed by atoms with van der Waals surface area (Å²) in [5.74, 6) is 0.440. The first-order valence-corrected chi connectivity index (χ1v) is 3.85. The Bertz CT molecular complexity index is 233. The highest BCUT2D eigenvalue weighted by Crippen LogP contribution is 1.91. The second-order valence-electron chi connectivity index (χ2n) is 2.36. The van der Waals surface area contributed by atoms with Crippen molar-refractivity contribution in [3.63, 3.8) is 0 Å². The van der Waals surface area contributed by atoms with E-state index in [1.54, 1.807) is 0 Å². The van der Waals surface area contributed by atoms with E-state index in [0.29, 0.717) is 18.9 Å². The van der Waals surface area contributed by atoms with Gasteiger partial charge in [0.2, 0.25) is 11.8 Å². The number of nitrogens with zero attached hydrogens (tertiary/aromatic N) is 2. The van der Waals surface area contributed by atoms with Crippen LogP contribution < -0.4 is 5.32 Å². The zero-order valence-electron chi connectivity index (χ0n) is 6.91. The first-order valence-electron chi connectivity index (χ1n) is 3.85. The Morgan fingerprint density at radius 3 is 3.17 bits per heavy atom. The van der Waals surface area contributed by atoms with E-state index >= 15 is 0 Å². The Labute approximate surface area is 70.2 Å². The van der Waals surface area contributed by atoms with E-state index in [4.69, 9.17) is 0 Å². The highest BCUT2D eigenvalue weighted by atomic mass is 16.5. The van der Waals surface area contributed by atoms with Crippen LogP contribution in [0, 0.1) is 0 Å². The van der Waals surface area contributed by atoms with Gasteiger partial charge in [-0.2, -0.15) is 4.98 Å². The van der Waals surface area contributed by atoms with Crippen LogP contribution in [-0.2, 0) is 11.3 Å². The normalized spacial score (nSPS) is 9.75. The molecular formula is C7H11N3O2. The van der Waals surface area contributed by atoms with E-state index in [-0.39, 0.29) is 5.91 Å². The fourth-order valence-electron chi connectivity index (χ4n) is 0.764. The van der Waals surface area contributed by atoms with Crippen LogP contribution in [0.3, 0.4) is 0 Å². The third kappa shape index (κ3) is 2.69. The molecule has 0 aliphatic heterocycles. The average Bonchev–Trinajstić information content (AvgIpc) is 2.53. The number of hydrogen-bond acceptors (Lipinski definition) is 4. The monoisotopic (exact) mass is 169 g/mol. The van der Waals surface area contributed by atoms with Gasteiger partial charge in [0.05, 0.1) is 6.54 Å². The number of carbonyl (C=O) groups is 1. The number of aromatic nitrogens is 2. The first-order chi connectivity index (χ1) is 5.83. The summed E-state index contributed by atoms with van der Waals surface area (Å²) in [6.45, 7) is 2.27. The molecule has 0 atom stereocenters. The number of nitrogens with one attached hydrogen (secondary N) is 1. The van der Waals surface area contributed by atoms with E-state index in [1.807, 2.05) is 6.92 Å². The van der Waals surface area contributed by atoms with E-state index < -0.39 is 0 Å². The topological polar surface area (TPSA) is 68.0 Å². The summed E-state index contributed by atoms with van der Waals surface area (Å²) < 4.78 is 4.69. The lowest BCUT2D eigenvalue weighted by Crippen LogP contribution is -2.22. The summed E-state index contributed by atoms with van der Waals surface area (Å²) in [6.07, 6.45) is 2.69. The summed E-state index contributed by atoms with van der Waals surface area (Å²) >= 11 is 0. The molecule has 66 valence electrons. The van der Waals surface area contributed by atoms with Crippen molar-refractivity contribution in [2.24, 2.45) is 0 Å². The lowest BCUT2D eigenvalue weighted by Gasteiger charge is -1.98. The lowest BCUT2D eigenvalue weighted by atomic mass is 10.3. The zero-order valence-corrected chi connectivity index (χ0v) is 6.91. The predicted molar refractivity (Wildman–Crippen MR) is 41.1 cm³/mol. The van der Waals surface area contributed by atoms with E-state index in [0.717, 1.165) is 6.42 Å². The molecule has 0 fully saturated rings. The van der Waals surface area contributed by atoms with Gasteiger partial charge < -0.3 is 9.84 Å². The Morgan fingerprint density at radius 1 is 1.75 bits per heavy atom. The van der Waals surface area contributed by atoms with Gasteiger partial charge in [-0.15, -0.1) is 0 Å². The largest absolute Gasteiger partial charge is 0.347 e. The molecule has 1 heterocycles. The maximum atomic E-state index is 10.9. The molecule has 0 saturated heterocycles. The number of carbonyl (C=O) groups excluding carboxylic acids is 1. The third-order valence-electron chi connectivity index (χ3n) is 1.32. The molecule has 12 heavy (non-hydrogen) atoms. The summed E-state index contributed by atoms with van der Waals surface area (Å²) in [4.78, 5) is 14.7. The second-order valence-corrected chi connectivity index (χ2v) is 2.36. The molecule has 5 heteroatoms. The van der Waals surface area contributed by atoms with Crippen molar-refractivity contribution in [2.45, 2.75) is 26.3 Å². The quantitative estimate of drug-likeness (QED) is 0.712. The molecule has 0 radical (unpaired) electrons. The molecule has 0 bridgehead atoms. The molecule has 1 rings (SSSR count). The maximum Gasteiger partial charge on any atom is 0.245 e. The molecule has 1 aromatic rings. The lowest BCUT2D eigenvalue weighted by molar-refractivity contribution is -0.121. The highest BCUT2D eigenvalue weighted by Gasteiger charge is 2.01. The van der Waals surface area contributed by atoms with E-state index in [2.05, 4.69) is 20.0 Å². The van der Waals surface area contributed by atoms with Crippen molar-refractivity contribution in [1.82, 2.24) is 15.5 Å². The third-order valence-corrected chi connectivity index (χ3v) is 1.32. The molecule has 1 amide bonds. The van der Waals surface area contributed by atoms with Gasteiger partial charge in [0, 0.05) is 6.42 Å². The van der Waals surface area contributed by atoms with Gasteiger partial charge in [0.25, 0.3) is 0 Å². The van der Waals surface area contributed by atoms with E-state index in [1.165, 1.54) is 6.33 Å². The van der Waals surface area contributed by atoms with Crippen LogP contribution in [0.25, 0.3) is 0 Å². The van der Waals surface area contributed by atoms with Gasteiger partial charge in [-0.3, -0.25) is 4.79 Å². The van der Waals surface area contributed by atoms with Gasteiger partial charge in [-0.05, 0) is 6.42 Å². The van der Waals surface area contributed by atoms with Gasteiger partial charge in [-0.25, -0.2) is 0 Å². The molecule has 1 N–H and O–H groups in total. The average molecular weight is 169 g/mol. The molecule has 5 nitrogen and oxygen atoms in total. The molecular weight excluding hydrogens is 158 g/mol. The minimum absolute atomic E-state index is 0.00991. The Balaban J connectivity index is 2.22. The van der Waals surface area contributed by atoms with Crippen LogP contribution in [0.15, 0.2) is 10.9 Å².